The lowest BCUT2D eigenvalue weighted by atomic mass is 10.1. The third-order valence-electron chi connectivity index (χ3n) is 4.66. The fourth-order valence-electron chi connectivity index (χ4n) is 2.71. The second kappa shape index (κ2) is 9.65. The molecule has 0 saturated heterocycles. The number of carboxylic acid groups (broad SMARTS) is 1. The summed E-state index contributed by atoms with van der Waals surface area (Å²) < 4.78 is 28.0. The molecule has 9 nitrogen and oxygen atoms in total. The maximum atomic E-state index is 13.3. The van der Waals surface area contributed by atoms with Gasteiger partial charge in [0, 0.05) is 12.3 Å². The number of aliphatic hydroxyl groups excluding tert-OH is 1. The quantitative estimate of drug-likeness (QED) is 0.473. The summed E-state index contributed by atoms with van der Waals surface area (Å²) in [7, 11) is 0. The standard InChI is InChI=1S/C20H24F2N4O5/c1-4-5-14(24-18(29)16(27)11-6-12(21)8-13(22)7-11)17(28)25-15-9-26(10-23-15)20(2,3)19(30)31/h6-10,14,16,27H,4-5H2,1-3H3,(H,24,29)(H,25,28)(H,30,31). The van der Waals surface area contributed by atoms with Crippen molar-refractivity contribution in [1.29, 1.82) is 0 Å². The van der Waals surface area contributed by atoms with Gasteiger partial charge in [0.25, 0.3) is 5.91 Å². The third kappa shape index (κ3) is 5.85. The second-order valence-corrected chi connectivity index (χ2v) is 7.47. The van der Waals surface area contributed by atoms with Crippen molar-refractivity contribution in [2.75, 3.05) is 5.32 Å². The van der Waals surface area contributed by atoms with Gasteiger partial charge in [0.1, 0.15) is 23.2 Å². The highest BCUT2D eigenvalue weighted by molar-refractivity contribution is 5.97. The minimum absolute atomic E-state index is 0.0717. The summed E-state index contributed by atoms with van der Waals surface area (Å²) in [5.41, 5.74) is -1.59. The molecule has 31 heavy (non-hydrogen) atoms. The molecular weight excluding hydrogens is 414 g/mol. The van der Waals surface area contributed by atoms with Gasteiger partial charge in [-0.25, -0.2) is 18.6 Å². The van der Waals surface area contributed by atoms with E-state index in [1.165, 1.54) is 30.9 Å². The fourth-order valence-corrected chi connectivity index (χ4v) is 2.71. The first-order chi connectivity index (χ1) is 14.4. The smallest absolute Gasteiger partial charge is 0.329 e. The molecule has 4 N–H and O–H groups in total. The van der Waals surface area contributed by atoms with Crippen LogP contribution in [0.2, 0.25) is 0 Å². The molecule has 0 aliphatic heterocycles. The van der Waals surface area contributed by atoms with Gasteiger partial charge in [0.2, 0.25) is 5.91 Å². The predicted octanol–water partition coefficient (Wildman–Crippen LogP) is 1.94. The topological polar surface area (TPSA) is 134 Å². The van der Waals surface area contributed by atoms with Crippen LogP contribution in [0.5, 0.6) is 0 Å². The number of carbonyl (C=O) groups excluding carboxylic acids is 2. The number of halogens is 2. The van der Waals surface area contributed by atoms with Crippen molar-refractivity contribution in [1.82, 2.24) is 14.9 Å². The molecule has 1 aromatic heterocycles. The zero-order valence-electron chi connectivity index (χ0n) is 17.2. The first-order valence-corrected chi connectivity index (χ1v) is 9.48. The van der Waals surface area contributed by atoms with Gasteiger partial charge < -0.3 is 25.4 Å². The van der Waals surface area contributed by atoms with E-state index >= 15 is 0 Å². The van der Waals surface area contributed by atoms with Crippen molar-refractivity contribution >= 4 is 23.6 Å². The molecule has 0 aliphatic rings. The van der Waals surface area contributed by atoms with Gasteiger partial charge >= 0.3 is 5.97 Å². The SMILES string of the molecule is CCCC(NC(=O)C(O)c1cc(F)cc(F)c1)C(=O)Nc1cn(C(C)(C)C(=O)O)cn1. The monoisotopic (exact) mass is 438 g/mol. The van der Waals surface area contributed by atoms with Gasteiger partial charge in [-0.3, -0.25) is 9.59 Å². The highest BCUT2D eigenvalue weighted by atomic mass is 19.1. The van der Waals surface area contributed by atoms with E-state index in [2.05, 4.69) is 15.6 Å². The van der Waals surface area contributed by atoms with Crippen molar-refractivity contribution in [3.63, 3.8) is 0 Å². The van der Waals surface area contributed by atoms with E-state index in [-0.39, 0.29) is 17.8 Å². The van der Waals surface area contributed by atoms with Crippen molar-refractivity contribution in [2.24, 2.45) is 0 Å². The van der Waals surface area contributed by atoms with Crippen LogP contribution in [0, 0.1) is 11.6 Å². The van der Waals surface area contributed by atoms with Crippen molar-refractivity contribution in [3.8, 4) is 0 Å². The fraction of sp³-hybridized carbons (Fsp3) is 0.400. The molecule has 1 heterocycles. The Morgan fingerprint density at radius 1 is 1.16 bits per heavy atom. The number of carbonyl (C=O) groups is 3. The van der Waals surface area contributed by atoms with Crippen LogP contribution in [-0.4, -0.2) is 43.6 Å². The first-order valence-electron chi connectivity index (χ1n) is 9.48. The van der Waals surface area contributed by atoms with E-state index in [4.69, 9.17) is 0 Å². The van der Waals surface area contributed by atoms with Gasteiger partial charge in [0.15, 0.2) is 11.9 Å². The number of hydrogen-bond acceptors (Lipinski definition) is 5. The van der Waals surface area contributed by atoms with Crippen LogP contribution in [0.15, 0.2) is 30.7 Å². The summed E-state index contributed by atoms with van der Waals surface area (Å²) in [6, 6.07) is 1.17. The predicted molar refractivity (Wildman–Crippen MR) is 106 cm³/mol. The number of amides is 2. The Morgan fingerprint density at radius 3 is 2.32 bits per heavy atom. The van der Waals surface area contributed by atoms with Crippen LogP contribution in [0.3, 0.4) is 0 Å². The first kappa shape index (κ1) is 23.9. The van der Waals surface area contributed by atoms with E-state index in [9.17, 15) is 33.4 Å². The van der Waals surface area contributed by atoms with Gasteiger partial charge in [0.05, 0.1) is 6.33 Å². The van der Waals surface area contributed by atoms with Gasteiger partial charge in [-0.2, -0.15) is 0 Å². The van der Waals surface area contributed by atoms with Crippen molar-refractivity contribution < 1.29 is 33.4 Å². The molecule has 0 spiro atoms. The highest BCUT2D eigenvalue weighted by Crippen LogP contribution is 2.19. The minimum atomic E-state index is -1.88. The Kier molecular flexibility index (Phi) is 7.45. The molecule has 0 aliphatic carbocycles. The average molecular weight is 438 g/mol. The highest BCUT2D eigenvalue weighted by Gasteiger charge is 2.30. The molecule has 2 aromatic rings. The summed E-state index contributed by atoms with van der Waals surface area (Å²) in [6.07, 6.45) is 1.42. The van der Waals surface area contributed by atoms with Gasteiger partial charge in [-0.15, -0.1) is 0 Å². The normalized spacial score (nSPS) is 13.4. The molecule has 2 rings (SSSR count). The van der Waals surface area contributed by atoms with Crippen LogP contribution in [-0.2, 0) is 19.9 Å². The molecule has 0 bridgehead atoms. The van der Waals surface area contributed by atoms with E-state index < -0.39 is 47.1 Å². The maximum absolute atomic E-state index is 13.3. The molecule has 2 unspecified atom stereocenters. The summed E-state index contributed by atoms with van der Waals surface area (Å²) >= 11 is 0. The summed E-state index contributed by atoms with van der Waals surface area (Å²) in [5.74, 6) is -4.58. The van der Waals surface area contributed by atoms with Crippen LogP contribution in [0.1, 0.15) is 45.3 Å². The molecule has 0 radical (unpaired) electrons. The molecule has 0 fully saturated rings. The van der Waals surface area contributed by atoms with Crippen LogP contribution in [0.4, 0.5) is 14.6 Å². The van der Waals surface area contributed by atoms with E-state index in [1.54, 1.807) is 6.92 Å². The number of aliphatic hydroxyl groups is 1. The van der Waals surface area contributed by atoms with Crippen LogP contribution < -0.4 is 10.6 Å². The van der Waals surface area contributed by atoms with E-state index in [0.717, 1.165) is 12.1 Å². The molecule has 2 atom stereocenters. The molecule has 0 saturated carbocycles. The number of anilines is 1. The van der Waals surface area contributed by atoms with E-state index in [1.807, 2.05) is 0 Å². The van der Waals surface area contributed by atoms with Gasteiger partial charge in [-0.05, 0) is 38.0 Å². The lowest BCUT2D eigenvalue weighted by molar-refractivity contribution is -0.145. The number of hydrogen-bond donors (Lipinski definition) is 4. The van der Waals surface area contributed by atoms with Crippen LogP contribution >= 0.6 is 0 Å². The number of nitrogens with one attached hydrogen (secondary N) is 2. The number of aliphatic carboxylic acids is 1. The Morgan fingerprint density at radius 2 is 1.77 bits per heavy atom. The Bertz CT molecular complexity index is 956. The number of imidazole rings is 1. The lowest BCUT2D eigenvalue weighted by Gasteiger charge is -2.21. The number of aromatic nitrogens is 2. The average Bonchev–Trinajstić information content (AvgIpc) is 3.15. The number of rotatable bonds is 9. The molecule has 168 valence electrons. The van der Waals surface area contributed by atoms with E-state index in [0.29, 0.717) is 12.5 Å². The molecule has 11 heteroatoms. The number of carboxylic acids is 1. The summed E-state index contributed by atoms with van der Waals surface area (Å²) in [5, 5.41) is 24.2. The third-order valence-corrected chi connectivity index (χ3v) is 4.66. The molecular formula is C20H24F2N4O5. The number of benzene rings is 1. The van der Waals surface area contributed by atoms with Gasteiger partial charge in [-0.1, -0.05) is 13.3 Å². The Labute approximate surface area is 177 Å². The minimum Gasteiger partial charge on any atom is -0.480 e. The second-order valence-electron chi connectivity index (χ2n) is 7.47. The van der Waals surface area contributed by atoms with Crippen molar-refractivity contribution in [2.45, 2.75) is 51.3 Å². The summed E-state index contributed by atoms with van der Waals surface area (Å²) in [4.78, 5) is 40.2. The largest absolute Gasteiger partial charge is 0.480 e. The lowest BCUT2D eigenvalue weighted by Crippen LogP contribution is -2.45. The Hall–Kier alpha value is -3.34. The van der Waals surface area contributed by atoms with Crippen molar-refractivity contribution in [3.05, 3.63) is 47.9 Å². The molecule has 2 amide bonds. The summed E-state index contributed by atoms with van der Waals surface area (Å²) in [6.45, 7) is 4.69. The van der Waals surface area contributed by atoms with Crippen LogP contribution in [0.25, 0.3) is 0 Å². The maximum Gasteiger partial charge on any atom is 0.329 e. The zero-order valence-corrected chi connectivity index (χ0v) is 17.2. The molecule has 1 aromatic carbocycles. The number of nitrogens with zero attached hydrogens (tertiary/aromatic N) is 2. The zero-order chi connectivity index (χ0) is 23.3. The Balaban J connectivity index is 2.11.